The summed E-state index contributed by atoms with van der Waals surface area (Å²) in [5.41, 5.74) is 0.797. The predicted molar refractivity (Wildman–Crippen MR) is 128 cm³/mol. The Bertz CT molecular complexity index is 784. The summed E-state index contributed by atoms with van der Waals surface area (Å²) in [6.45, 7) is 7.63. The molecule has 1 aliphatic rings. The fourth-order valence-electron chi connectivity index (χ4n) is 3.79. The van der Waals surface area contributed by atoms with Crippen LogP contribution < -0.4 is 10.1 Å². The van der Waals surface area contributed by atoms with Crippen LogP contribution >= 0.6 is 35.2 Å². The van der Waals surface area contributed by atoms with Gasteiger partial charge in [0.05, 0.1) is 19.3 Å². The first-order chi connectivity index (χ1) is 14.0. The van der Waals surface area contributed by atoms with Gasteiger partial charge in [-0.15, -0.1) is 11.3 Å². The molecule has 1 saturated heterocycles. The third-order valence-corrected chi connectivity index (χ3v) is 6.72. The van der Waals surface area contributed by atoms with E-state index >= 15 is 0 Å². The van der Waals surface area contributed by atoms with E-state index in [1.807, 2.05) is 18.2 Å². The van der Waals surface area contributed by atoms with Gasteiger partial charge in [0, 0.05) is 23.0 Å². The van der Waals surface area contributed by atoms with E-state index in [0.29, 0.717) is 10.1 Å². The third-order valence-electron chi connectivity index (χ3n) is 5.26. The number of likely N-dealkylation sites (tertiary alicyclic amines) is 1. The number of benzene rings is 1. The maximum Gasteiger partial charge on any atom is 0.173 e. The zero-order valence-corrected chi connectivity index (χ0v) is 19.6. The topological polar surface area (TPSA) is 27.7 Å². The number of anilines is 1. The normalized spacial score (nSPS) is 17.1. The minimum Gasteiger partial charge on any atom is -0.495 e. The fourth-order valence-corrected chi connectivity index (χ4v) is 4.95. The molecule has 1 aromatic heterocycles. The maximum absolute atomic E-state index is 6.18. The van der Waals surface area contributed by atoms with Gasteiger partial charge in [-0.1, -0.05) is 24.6 Å². The van der Waals surface area contributed by atoms with Crippen molar-refractivity contribution in [3.05, 3.63) is 45.6 Å². The number of nitrogens with zero attached hydrogens (tertiary/aromatic N) is 2. The first-order valence-electron chi connectivity index (χ1n) is 10.2. The van der Waals surface area contributed by atoms with Crippen molar-refractivity contribution >= 4 is 46.0 Å². The number of rotatable bonds is 8. The van der Waals surface area contributed by atoms with Gasteiger partial charge in [-0.25, -0.2) is 0 Å². The lowest BCUT2D eigenvalue weighted by molar-refractivity contribution is 0.177. The van der Waals surface area contributed by atoms with E-state index < -0.39 is 0 Å². The fraction of sp³-hybridized carbons (Fsp3) is 0.500. The summed E-state index contributed by atoms with van der Waals surface area (Å²) in [5, 5.41) is 6.81. The molecule has 0 amide bonds. The van der Waals surface area contributed by atoms with Gasteiger partial charge >= 0.3 is 0 Å². The molecule has 29 heavy (non-hydrogen) atoms. The molecule has 0 saturated carbocycles. The molecule has 1 aliphatic heterocycles. The number of hydrogen-bond donors (Lipinski definition) is 1. The van der Waals surface area contributed by atoms with E-state index in [2.05, 4.69) is 39.6 Å². The molecule has 3 rings (SSSR count). The Morgan fingerprint density at radius 3 is 3.00 bits per heavy atom. The van der Waals surface area contributed by atoms with Crippen LogP contribution in [0.5, 0.6) is 5.75 Å². The zero-order valence-electron chi connectivity index (χ0n) is 17.2. The Labute approximate surface area is 188 Å². The van der Waals surface area contributed by atoms with Gasteiger partial charge in [-0.3, -0.25) is 0 Å². The van der Waals surface area contributed by atoms with Crippen molar-refractivity contribution in [2.24, 2.45) is 5.92 Å². The highest BCUT2D eigenvalue weighted by Crippen LogP contribution is 2.28. The number of hydrogen-bond acceptors (Lipinski definition) is 4. The molecule has 0 spiro atoms. The quantitative estimate of drug-likeness (QED) is 0.517. The van der Waals surface area contributed by atoms with Crippen LogP contribution in [0.1, 0.15) is 31.1 Å². The predicted octanol–water partition coefficient (Wildman–Crippen LogP) is 5.73. The van der Waals surface area contributed by atoms with E-state index in [0.717, 1.165) is 43.4 Å². The first kappa shape index (κ1) is 22.3. The van der Waals surface area contributed by atoms with E-state index in [9.17, 15) is 0 Å². The molecule has 1 N–H and O–H groups in total. The van der Waals surface area contributed by atoms with E-state index in [-0.39, 0.29) is 0 Å². The van der Waals surface area contributed by atoms with Crippen molar-refractivity contribution < 1.29 is 4.74 Å². The molecule has 1 aromatic carbocycles. The molecule has 2 aromatic rings. The minimum absolute atomic E-state index is 0.653. The van der Waals surface area contributed by atoms with Gasteiger partial charge in [0.15, 0.2) is 5.11 Å². The summed E-state index contributed by atoms with van der Waals surface area (Å²) in [6, 6.07) is 9.77. The second-order valence-electron chi connectivity index (χ2n) is 7.68. The second kappa shape index (κ2) is 11.2. The highest BCUT2D eigenvalue weighted by atomic mass is 35.5. The molecule has 0 aliphatic carbocycles. The van der Waals surface area contributed by atoms with Crippen molar-refractivity contribution in [2.75, 3.05) is 38.6 Å². The average molecular weight is 452 g/mol. The Kier molecular flexibility index (Phi) is 8.60. The van der Waals surface area contributed by atoms with Crippen LogP contribution in [0, 0.1) is 5.92 Å². The van der Waals surface area contributed by atoms with Crippen molar-refractivity contribution in [3.63, 3.8) is 0 Å². The summed E-state index contributed by atoms with van der Waals surface area (Å²) in [6.07, 6.45) is 3.76. The van der Waals surface area contributed by atoms with E-state index in [1.165, 1.54) is 30.8 Å². The lowest BCUT2D eigenvalue weighted by Crippen LogP contribution is -2.39. The Morgan fingerprint density at radius 2 is 2.28 bits per heavy atom. The molecule has 7 heteroatoms. The Hall–Kier alpha value is -1.34. The molecule has 1 fully saturated rings. The van der Waals surface area contributed by atoms with Gasteiger partial charge in [0.2, 0.25) is 0 Å². The van der Waals surface area contributed by atoms with E-state index in [4.69, 9.17) is 28.6 Å². The molecule has 158 valence electrons. The summed E-state index contributed by atoms with van der Waals surface area (Å²) >= 11 is 13.7. The molecule has 0 radical (unpaired) electrons. The molecule has 0 unspecified atom stereocenters. The van der Waals surface area contributed by atoms with Crippen molar-refractivity contribution in [2.45, 2.75) is 32.7 Å². The van der Waals surface area contributed by atoms with Gasteiger partial charge < -0.3 is 19.9 Å². The lowest BCUT2D eigenvalue weighted by Gasteiger charge is -2.32. The summed E-state index contributed by atoms with van der Waals surface area (Å²) in [4.78, 5) is 6.14. The third kappa shape index (κ3) is 6.85. The van der Waals surface area contributed by atoms with Crippen LogP contribution in [0.2, 0.25) is 5.02 Å². The van der Waals surface area contributed by atoms with Crippen LogP contribution in [0.15, 0.2) is 35.7 Å². The SMILES string of the molecule is COc1ccc(Cl)cc1NC(=S)N(CCCN1CCC[C@@H](C)C1)Cc1cccs1. The molecular formula is C22H30ClN3OS2. The van der Waals surface area contributed by atoms with Crippen molar-refractivity contribution in [3.8, 4) is 5.75 Å². The molecule has 4 nitrogen and oxygen atoms in total. The maximum atomic E-state index is 6.18. The molecule has 2 heterocycles. The van der Waals surface area contributed by atoms with Crippen LogP contribution in [-0.2, 0) is 6.54 Å². The van der Waals surface area contributed by atoms with Gasteiger partial charge in [0.1, 0.15) is 5.75 Å². The largest absolute Gasteiger partial charge is 0.495 e. The summed E-state index contributed by atoms with van der Waals surface area (Å²) < 4.78 is 5.45. The number of piperidine rings is 1. The number of thiophene rings is 1. The number of halogens is 1. The second-order valence-corrected chi connectivity index (χ2v) is 9.53. The number of methoxy groups -OCH3 is 1. The molecule has 1 atom stereocenters. The van der Waals surface area contributed by atoms with Crippen molar-refractivity contribution in [1.29, 1.82) is 0 Å². The van der Waals surface area contributed by atoms with Gasteiger partial charge in [-0.05, 0) is 80.1 Å². The van der Waals surface area contributed by atoms with E-state index in [1.54, 1.807) is 18.4 Å². The molecular weight excluding hydrogens is 422 g/mol. The number of nitrogens with one attached hydrogen (secondary N) is 1. The lowest BCUT2D eigenvalue weighted by atomic mass is 10.0. The smallest absolute Gasteiger partial charge is 0.173 e. The minimum atomic E-state index is 0.653. The average Bonchev–Trinajstić information content (AvgIpc) is 3.20. The van der Waals surface area contributed by atoms with Crippen LogP contribution in [0.3, 0.4) is 0 Å². The Balaban J connectivity index is 1.63. The number of ether oxygens (including phenoxy) is 1. The van der Waals surface area contributed by atoms with Crippen LogP contribution in [0.25, 0.3) is 0 Å². The van der Waals surface area contributed by atoms with Gasteiger partial charge in [0.25, 0.3) is 0 Å². The molecule has 0 bridgehead atoms. The van der Waals surface area contributed by atoms with Crippen LogP contribution in [-0.4, -0.2) is 48.2 Å². The zero-order chi connectivity index (χ0) is 20.6. The summed E-state index contributed by atoms with van der Waals surface area (Å²) in [5.74, 6) is 1.54. The van der Waals surface area contributed by atoms with Crippen LogP contribution in [0.4, 0.5) is 5.69 Å². The monoisotopic (exact) mass is 451 g/mol. The highest BCUT2D eigenvalue weighted by Gasteiger charge is 2.18. The standard InChI is InChI=1S/C22H30ClN3OS2/c1-17-6-3-10-25(15-17)11-5-12-26(16-19-7-4-13-29-19)22(28)24-20-14-18(23)8-9-21(20)27-2/h4,7-9,13-14,17H,3,5-6,10-12,15-16H2,1-2H3,(H,24,28)/t17-/m1/s1. The highest BCUT2D eigenvalue weighted by molar-refractivity contribution is 7.80. The van der Waals surface area contributed by atoms with Crippen molar-refractivity contribution in [1.82, 2.24) is 9.80 Å². The first-order valence-corrected chi connectivity index (χ1v) is 11.9. The Morgan fingerprint density at radius 1 is 1.41 bits per heavy atom. The van der Waals surface area contributed by atoms with Gasteiger partial charge in [-0.2, -0.15) is 0 Å². The summed E-state index contributed by atoms with van der Waals surface area (Å²) in [7, 11) is 1.65. The number of thiocarbonyl (C=S) groups is 1.